The first kappa shape index (κ1) is 23.1. The molecule has 0 radical (unpaired) electrons. The van der Waals surface area contributed by atoms with E-state index in [1.807, 2.05) is 0 Å². The minimum Gasteiger partial charge on any atom is -0.763 e. The van der Waals surface area contributed by atoms with Crippen molar-refractivity contribution < 1.29 is 0 Å². The molecule has 0 fully saturated rings. The smallest absolute Gasteiger partial charge is 0.105 e. The van der Waals surface area contributed by atoms with Gasteiger partial charge in [0.25, 0.3) is 0 Å². The molecule has 0 N–H and O–H groups in total. The largest absolute Gasteiger partial charge is 0.763 e. The number of nitriles is 4. The molecule has 0 spiro atoms. The maximum absolute atomic E-state index is 8.72. The van der Waals surface area contributed by atoms with Crippen molar-refractivity contribution in [2.75, 3.05) is 0 Å². The van der Waals surface area contributed by atoms with Gasteiger partial charge in [-0.1, -0.05) is 36.4 Å². The molecule has 156 valence electrons. The maximum atomic E-state index is 8.72. The molecule has 0 aromatic heterocycles. The van der Waals surface area contributed by atoms with Crippen LogP contribution in [0.15, 0.2) is 118 Å². The van der Waals surface area contributed by atoms with E-state index in [4.69, 9.17) is 26.5 Å². The van der Waals surface area contributed by atoms with Crippen molar-refractivity contribution >= 4 is 11.4 Å². The van der Waals surface area contributed by atoms with Crippen molar-refractivity contribution in [3.63, 3.8) is 0 Å². The van der Waals surface area contributed by atoms with Crippen molar-refractivity contribution in [3.05, 3.63) is 141 Å². The van der Waals surface area contributed by atoms with E-state index in [0.717, 1.165) is 0 Å². The minimum atomic E-state index is -0.201. The maximum Gasteiger partial charge on any atom is 0.105 e. The lowest BCUT2D eigenvalue weighted by atomic mass is 9.90. The van der Waals surface area contributed by atoms with Crippen LogP contribution < -0.4 is 0 Å². The zero-order chi connectivity index (χ0) is 24.3. The van der Waals surface area contributed by atoms with Crippen molar-refractivity contribution in [1.82, 2.24) is 0 Å². The van der Waals surface area contributed by atoms with E-state index < -0.39 is 0 Å². The number of benzene rings is 2. The lowest BCUT2D eigenvalue weighted by Gasteiger charge is -2.08. The number of nitrogens with zero attached hydrogens (tertiary/aromatic N) is 5. The van der Waals surface area contributed by atoms with E-state index in [1.54, 1.807) is 30.1 Å². The van der Waals surface area contributed by atoms with Crippen molar-refractivity contribution in [2.24, 2.45) is 0 Å². The van der Waals surface area contributed by atoms with Crippen molar-refractivity contribution in [1.29, 1.82) is 21.0 Å². The molecular formula is C29H15N5. The lowest BCUT2D eigenvalue weighted by Crippen LogP contribution is -1.94. The zero-order valence-corrected chi connectivity index (χ0v) is 17.9. The monoisotopic (exact) mass is 433 g/mol. The summed E-state index contributed by atoms with van der Waals surface area (Å²) in [4.78, 5) is 0. The topological polar surface area (TPSA) is 117 Å². The van der Waals surface area contributed by atoms with Crippen LogP contribution in [-0.4, -0.2) is 5.87 Å². The van der Waals surface area contributed by atoms with Crippen LogP contribution in [0.3, 0.4) is 0 Å². The van der Waals surface area contributed by atoms with Crippen molar-refractivity contribution in [2.45, 2.75) is 0 Å². The van der Waals surface area contributed by atoms with Gasteiger partial charge < -0.3 is 5.41 Å². The molecule has 0 amide bonds. The summed E-state index contributed by atoms with van der Waals surface area (Å²) in [7, 11) is 0. The van der Waals surface area contributed by atoms with Gasteiger partial charge in [0.1, 0.15) is 29.8 Å². The lowest BCUT2D eigenvalue weighted by molar-refractivity contribution is 1.42. The van der Waals surface area contributed by atoms with Crippen molar-refractivity contribution in [3.8, 4) is 24.3 Å². The first-order valence-electron chi connectivity index (χ1n) is 10.1. The van der Waals surface area contributed by atoms with Gasteiger partial charge in [-0.15, -0.1) is 0 Å². The first-order valence-corrected chi connectivity index (χ1v) is 10.1. The fourth-order valence-electron chi connectivity index (χ4n) is 3.50. The predicted molar refractivity (Wildman–Crippen MR) is 130 cm³/mol. The molecule has 0 aliphatic heterocycles. The Morgan fingerprint density at radius 2 is 1.12 bits per heavy atom. The van der Waals surface area contributed by atoms with Gasteiger partial charge in [0, 0.05) is 47.4 Å². The SMILES string of the molecule is C1=C[CH+]C(=C(c2ccccc2)c2ccccc2)C=C1.N#CC1=C(C#N)C(C#N)=C(C#N)C1=C=[N-]. The average molecular weight is 433 g/mol. The quantitative estimate of drug-likeness (QED) is 0.448. The second-order valence-electron chi connectivity index (χ2n) is 6.91. The highest BCUT2D eigenvalue weighted by atomic mass is 14.4. The van der Waals surface area contributed by atoms with E-state index in [-0.39, 0.29) is 27.9 Å². The van der Waals surface area contributed by atoms with E-state index >= 15 is 0 Å². The molecule has 0 saturated heterocycles. The molecular weight excluding hydrogens is 418 g/mol. The highest BCUT2D eigenvalue weighted by Gasteiger charge is 2.28. The van der Waals surface area contributed by atoms with Crippen LogP contribution in [0.4, 0.5) is 0 Å². The van der Waals surface area contributed by atoms with Crippen LogP contribution in [0.25, 0.3) is 11.0 Å². The molecule has 0 unspecified atom stereocenters. The standard InChI is InChI=1S/C19H15.C10N5/c1-4-10-16(11-5-1)19(17-12-6-2-7-13-17)18-14-8-3-9-15-18;11-1-6-7(2-12)9(4-14)10(5-15)8(6)3-13/h1-15H;/q+1;-1. The normalized spacial score (nSPS) is 13.4. The molecule has 2 aliphatic rings. The van der Waals surface area contributed by atoms with Crippen LogP contribution in [0.1, 0.15) is 11.1 Å². The van der Waals surface area contributed by atoms with E-state index in [1.165, 1.54) is 22.3 Å². The van der Waals surface area contributed by atoms with Gasteiger partial charge in [-0.3, -0.25) is 5.87 Å². The molecule has 5 heteroatoms. The van der Waals surface area contributed by atoms with Gasteiger partial charge in [-0.05, 0) is 24.3 Å². The minimum absolute atomic E-state index is 0.201. The summed E-state index contributed by atoms with van der Waals surface area (Å²) < 4.78 is 0. The summed E-state index contributed by atoms with van der Waals surface area (Å²) in [6.45, 7) is 0. The van der Waals surface area contributed by atoms with Gasteiger partial charge >= 0.3 is 0 Å². The van der Waals surface area contributed by atoms with E-state index in [9.17, 15) is 0 Å². The van der Waals surface area contributed by atoms with E-state index in [0.29, 0.717) is 0 Å². The Kier molecular flexibility index (Phi) is 7.58. The third kappa shape index (κ3) is 4.68. The average Bonchev–Trinajstić information content (AvgIpc) is 3.22. The highest BCUT2D eigenvalue weighted by molar-refractivity contribution is 5.88. The third-order valence-electron chi connectivity index (χ3n) is 5.00. The summed E-state index contributed by atoms with van der Waals surface area (Å²) in [6.07, 6.45) is 10.5. The van der Waals surface area contributed by atoms with Gasteiger partial charge in [0.15, 0.2) is 0 Å². The molecule has 2 aliphatic carbocycles. The molecule has 5 nitrogen and oxygen atoms in total. The van der Waals surface area contributed by atoms with E-state index in [2.05, 4.69) is 91.4 Å². The highest BCUT2D eigenvalue weighted by Crippen LogP contribution is 2.34. The van der Waals surface area contributed by atoms with Gasteiger partial charge in [0.05, 0.1) is 27.9 Å². The summed E-state index contributed by atoms with van der Waals surface area (Å²) >= 11 is 0. The van der Waals surface area contributed by atoms with Crippen LogP contribution in [-0.2, 0) is 0 Å². The molecule has 0 saturated carbocycles. The molecule has 0 heterocycles. The second-order valence-corrected chi connectivity index (χ2v) is 6.91. The molecule has 34 heavy (non-hydrogen) atoms. The van der Waals surface area contributed by atoms with Crippen LogP contribution in [0, 0.1) is 51.7 Å². The second kappa shape index (κ2) is 11.2. The fraction of sp³-hybridized carbons (Fsp3) is 0. The summed E-state index contributed by atoms with van der Waals surface area (Å²) in [6, 6.07) is 27.7. The molecule has 4 rings (SSSR count). The van der Waals surface area contributed by atoms with Crippen LogP contribution in [0.2, 0.25) is 0 Å². The van der Waals surface area contributed by atoms with Crippen LogP contribution >= 0.6 is 0 Å². The Labute approximate surface area is 198 Å². The predicted octanol–water partition coefficient (Wildman–Crippen LogP) is 5.67. The van der Waals surface area contributed by atoms with Gasteiger partial charge in [-0.25, -0.2) is 0 Å². The number of hydrogen-bond donors (Lipinski definition) is 0. The number of rotatable bonds is 2. The number of allylic oxidation sites excluding steroid dienone is 10. The number of hydrogen-bond acceptors (Lipinski definition) is 4. The first-order chi connectivity index (χ1) is 16.7. The summed E-state index contributed by atoms with van der Waals surface area (Å²) in [5.74, 6) is 1.65. The Morgan fingerprint density at radius 1 is 0.647 bits per heavy atom. The van der Waals surface area contributed by atoms with Gasteiger partial charge in [-0.2, -0.15) is 21.0 Å². The summed E-state index contributed by atoms with van der Waals surface area (Å²) in [5.41, 5.74) is 4.03. The fourth-order valence-corrected chi connectivity index (χ4v) is 3.50. The zero-order valence-electron chi connectivity index (χ0n) is 17.9. The van der Waals surface area contributed by atoms with Gasteiger partial charge in [0.2, 0.25) is 0 Å². The summed E-state index contributed by atoms with van der Waals surface area (Å²) in [5, 5.41) is 43.6. The molecule has 2 aromatic rings. The Morgan fingerprint density at radius 3 is 1.47 bits per heavy atom. The van der Waals surface area contributed by atoms with Crippen LogP contribution in [0.5, 0.6) is 0 Å². The Hall–Kier alpha value is -5.58. The Bertz CT molecular complexity index is 1390. The molecule has 0 bridgehead atoms. The third-order valence-corrected chi connectivity index (χ3v) is 5.00. The Balaban J connectivity index is 0.000000197. The molecule has 2 aromatic carbocycles. The molecule has 0 atom stereocenters.